The molecule has 1 N–H and O–H groups in total. The standard InChI is InChI=1S/C15H23N7S/c1-4-21(2)12-9-13(18-10-17-12)23-15-20-19-14(22(15)3)11-5-7-16-8-6-11/h9-11,16H,4-8H2,1-3H3. The van der Waals surface area contributed by atoms with E-state index in [1.165, 1.54) is 11.8 Å². The van der Waals surface area contributed by atoms with Gasteiger partial charge in [0.25, 0.3) is 0 Å². The van der Waals surface area contributed by atoms with Crippen molar-refractivity contribution in [2.75, 3.05) is 31.6 Å². The van der Waals surface area contributed by atoms with E-state index in [0.717, 1.165) is 54.3 Å². The highest BCUT2D eigenvalue weighted by Gasteiger charge is 2.22. The van der Waals surface area contributed by atoms with Crippen molar-refractivity contribution in [1.82, 2.24) is 30.0 Å². The zero-order valence-electron chi connectivity index (χ0n) is 13.9. The molecule has 0 spiro atoms. The third-order valence-corrected chi connectivity index (χ3v) is 5.23. The van der Waals surface area contributed by atoms with Gasteiger partial charge in [0.2, 0.25) is 0 Å². The SMILES string of the molecule is CCN(C)c1cc(Sc2nnc(C3CCNCC3)n2C)ncn1. The number of nitrogens with zero attached hydrogens (tertiary/aromatic N) is 6. The Bertz CT molecular complexity index is 651. The van der Waals surface area contributed by atoms with Gasteiger partial charge in [0, 0.05) is 32.6 Å². The molecule has 0 aliphatic carbocycles. The molecule has 0 atom stereocenters. The highest BCUT2D eigenvalue weighted by atomic mass is 32.2. The van der Waals surface area contributed by atoms with Gasteiger partial charge in [-0.1, -0.05) is 0 Å². The van der Waals surface area contributed by atoms with Crippen LogP contribution in [0.15, 0.2) is 22.6 Å². The van der Waals surface area contributed by atoms with Gasteiger partial charge in [-0.15, -0.1) is 10.2 Å². The van der Waals surface area contributed by atoms with Crippen molar-refractivity contribution >= 4 is 17.6 Å². The number of nitrogens with one attached hydrogen (secondary N) is 1. The average molecular weight is 333 g/mol. The van der Waals surface area contributed by atoms with Gasteiger partial charge in [-0.05, 0) is 44.6 Å². The van der Waals surface area contributed by atoms with Gasteiger partial charge >= 0.3 is 0 Å². The molecule has 2 aromatic rings. The largest absolute Gasteiger partial charge is 0.360 e. The summed E-state index contributed by atoms with van der Waals surface area (Å²) in [4.78, 5) is 10.7. The monoisotopic (exact) mass is 333 g/mol. The summed E-state index contributed by atoms with van der Waals surface area (Å²) in [6, 6.07) is 1.99. The van der Waals surface area contributed by atoms with Crippen molar-refractivity contribution in [2.24, 2.45) is 7.05 Å². The number of hydrogen-bond acceptors (Lipinski definition) is 7. The van der Waals surface area contributed by atoms with Crippen LogP contribution in [0.25, 0.3) is 0 Å². The average Bonchev–Trinajstić information content (AvgIpc) is 2.96. The third-order valence-electron chi connectivity index (χ3n) is 4.26. The molecular formula is C15H23N7S. The van der Waals surface area contributed by atoms with Crippen LogP contribution in [0.1, 0.15) is 31.5 Å². The minimum Gasteiger partial charge on any atom is -0.360 e. The van der Waals surface area contributed by atoms with Crippen LogP contribution in [-0.4, -0.2) is 51.4 Å². The molecule has 2 aromatic heterocycles. The number of aromatic nitrogens is 5. The number of anilines is 1. The quantitative estimate of drug-likeness (QED) is 0.835. The predicted molar refractivity (Wildman–Crippen MR) is 90.9 cm³/mol. The summed E-state index contributed by atoms with van der Waals surface area (Å²) in [6.07, 6.45) is 3.85. The first kappa shape index (κ1) is 16.2. The van der Waals surface area contributed by atoms with Crippen molar-refractivity contribution in [2.45, 2.75) is 35.9 Å². The van der Waals surface area contributed by atoms with Crippen LogP contribution in [0, 0.1) is 0 Å². The lowest BCUT2D eigenvalue weighted by molar-refractivity contribution is 0.434. The normalized spacial score (nSPS) is 15.8. The second-order valence-electron chi connectivity index (χ2n) is 5.75. The minimum atomic E-state index is 0.496. The van der Waals surface area contributed by atoms with E-state index < -0.39 is 0 Å². The van der Waals surface area contributed by atoms with E-state index in [1.807, 2.05) is 20.2 Å². The lowest BCUT2D eigenvalue weighted by Gasteiger charge is -2.21. The highest BCUT2D eigenvalue weighted by molar-refractivity contribution is 7.99. The molecule has 3 rings (SSSR count). The molecule has 124 valence electrons. The van der Waals surface area contributed by atoms with E-state index in [0.29, 0.717) is 5.92 Å². The maximum absolute atomic E-state index is 4.42. The summed E-state index contributed by atoms with van der Waals surface area (Å²) < 4.78 is 2.10. The molecule has 3 heterocycles. The van der Waals surface area contributed by atoms with Gasteiger partial charge in [0.15, 0.2) is 5.16 Å². The minimum absolute atomic E-state index is 0.496. The maximum Gasteiger partial charge on any atom is 0.197 e. The summed E-state index contributed by atoms with van der Waals surface area (Å²) in [7, 11) is 4.06. The van der Waals surface area contributed by atoms with Crippen molar-refractivity contribution < 1.29 is 0 Å². The van der Waals surface area contributed by atoms with Crippen LogP contribution in [0.5, 0.6) is 0 Å². The Balaban J connectivity index is 1.77. The Kier molecular flexibility index (Phi) is 5.12. The summed E-state index contributed by atoms with van der Waals surface area (Å²) in [5.74, 6) is 2.50. The van der Waals surface area contributed by atoms with Gasteiger partial charge in [-0.3, -0.25) is 0 Å². The molecular weight excluding hydrogens is 310 g/mol. The number of rotatable bonds is 5. The molecule has 1 fully saturated rings. The molecule has 8 heteroatoms. The summed E-state index contributed by atoms with van der Waals surface area (Å²) >= 11 is 1.54. The van der Waals surface area contributed by atoms with Crippen LogP contribution < -0.4 is 10.2 Å². The lowest BCUT2D eigenvalue weighted by atomic mass is 9.97. The Morgan fingerprint density at radius 3 is 2.83 bits per heavy atom. The molecule has 0 bridgehead atoms. The highest BCUT2D eigenvalue weighted by Crippen LogP contribution is 2.30. The first-order valence-corrected chi connectivity index (χ1v) is 8.81. The molecule has 1 saturated heterocycles. The van der Waals surface area contributed by atoms with Crippen molar-refractivity contribution in [3.05, 3.63) is 18.2 Å². The summed E-state index contributed by atoms with van der Waals surface area (Å²) in [5.41, 5.74) is 0. The Hall–Kier alpha value is -1.67. The van der Waals surface area contributed by atoms with E-state index in [1.54, 1.807) is 6.33 Å². The molecule has 0 unspecified atom stereocenters. The second kappa shape index (κ2) is 7.27. The first-order chi connectivity index (χ1) is 11.2. The second-order valence-corrected chi connectivity index (χ2v) is 6.74. The van der Waals surface area contributed by atoms with Gasteiger partial charge in [-0.25, -0.2) is 9.97 Å². The van der Waals surface area contributed by atoms with E-state index >= 15 is 0 Å². The van der Waals surface area contributed by atoms with E-state index in [2.05, 4.69) is 41.9 Å². The molecule has 1 aliphatic rings. The van der Waals surface area contributed by atoms with Crippen LogP contribution in [0.4, 0.5) is 5.82 Å². The molecule has 0 aromatic carbocycles. The van der Waals surface area contributed by atoms with Gasteiger partial charge in [0.05, 0.1) is 0 Å². The predicted octanol–water partition coefficient (Wildman–Crippen LogP) is 1.68. The number of hydrogen-bond donors (Lipinski definition) is 1. The lowest BCUT2D eigenvalue weighted by Crippen LogP contribution is -2.27. The zero-order chi connectivity index (χ0) is 16.2. The fourth-order valence-electron chi connectivity index (χ4n) is 2.70. The Labute approximate surface area is 140 Å². The van der Waals surface area contributed by atoms with Crippen LogP contribution in [0.2, 0.25) is 0 Å². The van der Waals surface area contributed by atoms with Crippen LogP contribution in [0.3, 0.4) is 0 Å². The summed E-state index contributed by atoms with van der Waals surface area (Å²) in [6.45, 7) is 5.12. The van der Waals surface area contributed by atoms with Gasteiger partial charge < -0.3 is 14.8 Å². The van der Waals surface area contributed by atoms with E-state index in [-0.39, 0.29) is 0 Å². The molecule has 23 heavy (non-hydrogen) atoms. The molecule has 0 amide bonds. The van der Waals surface area contributed by atoms with Gasteiger partial charge in [-0.2, -0.15) is 0 Å². The fourth-order valence-corrected chi connectivity index (χ4v) is 3.46. The smallest absolute Gasteiger partial charge is 0.197 e. The summed E-state index contributed by atoms with van der Waals surface area (Å²) in [5, 5.41) is 13.9. The van der Waals surface area contributed by atoms with Crippen LogP contribution in [-0.2, 0) is 7.05 Å². The molecule has 1 aliphatic heterocycles. The molecule has 7 nitrogen and oxygen atoms in total. The molecule has 0 radical (unpaired) electrons. The maximum atomic E-state index is 4.42. The van der Waals surface area contributed by atoms with Crippen molar-refractivity contribution in [1.29, 1.82) is 0 Å². The number of piperidine rings is 1. The Morgan fingerprint density at radius 2 is 2.09 bits per heavy atom. The van der Waals surface area contributed by atoms with E-state index in [4.69, 9.17) is 0 Å². The fraction of sp³-hybridized carbons (Fsp3) is 0.600. The first-order valence-electron chi connectivity index (χ1n) is 8.00. The molecule has 0 saturated carbocycles. The van der Waals surface area contributed by atoms with Crippen molar-refractivity contribution in [3.63, 3.8) is 0 Å². The zero-order valence-corrected chi connectivity index (χ0v) is 14.7. The van der Waals surface area contributed by atoms with Gasteiger partial charge in [0.1, 0.15) is 23.0 Å². The Morgan fingerprint density at radius 1 is 1.30 bits per heavy atom. The third kappa shape index (κ3) is 3.64. The van der Waals surface area contributed by atoms with E-state index in [9.17, 15) is 0 Å². The topological polar surface area (TPSA) is 71.8 Å². The van der Waals surface area contributed by atoms with Crippen molar-refractivity contribution in [3.8, 4) is 0 Å². The van der Waals surface area contributed by atoms with Crippen LogP contribution >= 0.6 is 11.8 Å².